The van der Waals surface area contributed by atoms with E-state index in [4.69, 9.17) is 0 Å². The van der Waals surface area contributed by atoms with Gasteiger partial charge in [-0.15, -0.1) is 0 Å². The van der Waals surface area contributed by atoms with Gasteiger partial charge in [-0.05, 0) is 0 Å². The molecular formula is C33H39Cl3SiTi. The molecule has 0 amide bonds. The minimum atomic E-state index is -2.60. The van der Waals surface area contributed by atoms with E-state index in [2.05, 4.69) is 155 Å². The Labute approximate surface area is 262 Å². The van der Waals surface area contributed by atoms with E-state index in [9.17, 15) is 0 Å². The standard InChI is InChI=1S/C33H39Si.3ClH.Ti/c1-22(2)28-19-29(23(3)4)21-32(20-28)34(30-15-11-9-12-16-30,31-17-13-10-14-18-31)33-26(7)24(5)25(6)27(33)8;;;;/h9-23H,1-8H3;3*1H;/q;;;;+3/p-3. The molecule has 0 bridgehead atoms. The maximum absolute atomic E-state index is 2.60. The number of halogens is 3. The van der Waals surface area contributed by atoms with E-state index >= 15 is 0 Å². The summed E-state index contributed by atoms with van der Waals surface area (Å²) in [5, 5.41) is 4.52. The van der Waals surface area contributed by atoms with Gasteiger partial charge in [-0.25, -0.2) is 0 Å². The van der Waals surface area contributed by atoms with Crippen molar-refractivity contribution in [3.8, 4) is 0 Å². The molecule has 0 fully saturated rings. The molecule has 0 saturated heterocycles. The smallest absolute Gasteiger partial charge is 1.00 e. The van der Waals surface area contributed by atoms with Crippen molar-refractivity contribution in [2.45, 2.75) is 70.6 Å². The summed E-state index contributed by atoms with van der Waals surface area (Å²) in [5.74, 6) is 0.970. The van der Waals surface area contributed by atoms with E-state index < -0.39 is 8.07 Å². The molecule has 0 atom stereocenters. The van der Waals surface area contributed by atoms with Crippen molar-refractivity contribution in [2.24, 2.45) is 0 Å². The molecule has 0 radical (unpaired) electrons. The molecule has 200 valence electrons. The van der Waals surface area contributed by atoms with E-state index in [1.807, 2.05) is 0 Å². The van der Waals surface area contributed by atoms with Gasteiger partial charge in [0.1, 0.15) is 0 Å². The molecule has 0 N–H and O–H groups in total. The van der Waals surface area contributed by atoms with Crippen LogP contribution < -0.4 is 52.8 Å². The summed E-state index contributed by atoms with van der Waals surface area (Å²) >= 11 is 2.56. The SMILES string of the molecule is CC1=C(C)[C]([Ti+3])([Si](c2ccccc2)(c2ccccc2)c2cc(C(C)C)cc(C(C)C)c2)C(C)=C1C.[Cl-].[Cl-].[Cl-]. The molecule has 38 heavy (non-hydrogen) atoms. The zero-order valence-electron chi connectivity index (χ0n) is 23.8. The van der Waals surface area contributed by atoms with Crippen LogP contribution in [0.3, 0.4) is 0 Å². The van der Waals surface area contributed by atoms with Crippen molar-refractivity contribution in [3.63, 3.8) is 0 Å². The van der Waals surface area contributed by atoms with Crippen molar-refractivity contribution in [1.82, 2.24) is 0 Å². The molecule has 4 rings (SSSR count). The molecule has 0 aliphatic heterocycles. The van der Waals surface area contributed by atoms with Gasteiger partial charge >= 0.3 is 227 Å². The number of hydrogen-bond donors (Lipinski definition) is 0. The zero-order chi connectivity index (χ0) is 25.5. The van der Waals surface area contributed by atoms with Gasteiger partial charge < -0.3 is 37.2 Å². The first kappa shape index (κ1) is 35.0. The molecule has 0 heterocycles. The Hall–Kier alpha value is -1.06. The monoisotopic (exact) mass is 616 g/mol. The van der Waals surface area contributed by atoms with Crippen LogP contribution in [0.4, 0.5) is 0 Å². The fourth-order valence-electron chi connectivity index (χ4n) is 6.05. The second kappa shape index (κ2) is 13.5. The van der Waals surface area contributed by atoms with Crippen LogP contribution >= 0.6 is 0 Å². The van der Waals surface area contributed by atoms with Gasteiger partial charge in [0, 0.05) is 0 Å². The Morgan fingerprint density at radius 2 is 0.895 bits per heavy atom. The molecule has 1 aliphatic rings. The number of benzene rings is 3. The van der Waals surface area contributed by atoms with Crippen LogP contribution in [0.15, 0.2) is 101 Å². The van der Waals surface area contributed by atoms with Gasteiger partial charge in [0.2, 0.25) is 0 Å². The van der Waals surface area contributed by atoms with Crippen molar-refractivity contribution in [1.29, 1.82) is 0 Å². The van der Waals surface area contributed by atoms with Gasteiger partial charge in [-0.3, -0.25) is 0 Å². The first-order valence-electron chi connectivity index (χ1n) is 12.9. The number of hydrogen-bond acceptors (Lipinski definition) is 0. The minimum absolute atomic E-state index is 0. The van der Waals surface area contributed by atoms with Crippen molar-refractivity contribution >= 4 is 23.6 Å². The predicted molar refractivity (Wildman–Crippen MR) is 152 cm³/mol. The molecule has 5 heteroatoms. The van der Waals surface area contributed by atoms with Crippen molar-refractivity contribution in [2.75, 3.05) is 0 Å². The molecular weight excluding hydrogens is 579 g/mol. The molecule has 0 saturated carbocycles. The third-order valence-electron chi connectivity index (χ3n) is 8.53. The van der Waals surface area contributed by atoms with Gasteiger partial charge in [0.15, 0.2) is 0 Å². The summed E-state index contributed by atoms with van der Waals surface area (Å²) in [5.41, 5.74) is 8.91. The molecule has 0 unspecified atom stereocenters. The van der Waals surface area contributed by atoms with Crippen LogP contribution in [0.1, 0.15) is 78.4 Å². The molecule has 0 spiro atoms. The van der Waals surface area contributed by atoms with Crippen LogP contribution in [0.5, 0.6) is 0 Å². The number of rotatable bonds is 6. The molecule has 3 aromatic carbocycles. The van der Waals surface area contributed by atoms with Gasteiger partial charge in [0.25, 0.3) is 0 Å². The zero-order valence-corrected chi connectivity index (χ0v) is 28.6. The third kappa shape index (κ3) is 5.45. The quantitative estimate of drug-likeness (QED) is 0.230. The summed E-state index contributed by atoms with van der Waals surface area (Å²) in [7, 11) is -2.60. The van der Waals surface area contributed by atoms with E-state index in [1.165, 1.54) is 49.0 Å². The first-order chi connectivity index (χ1) is 16.6. The third-order valence-corrected chi connectivity index (χ3v) is 16.9. The van der Waals surface area contributed by atoms with E-state index in [-0.39, 0.29) is 40.6 Å². The molecule has 3 aromatic rings. The topological polar surface area (TPSA) is 0 Å². The summed E-state index contributed by atoms with van der Waals surface area (Å²) in [6, 6.07) is 30.5. The second-order valence-electron chi connectivity index (χ2n) is 10.9. The Bertz CT molecular complexity index is 1200. The summed E-state index contributed by atoms with van der Waals surface area (Å²) in [6.07, 6.45) is 0. The van der Waals surface area contributed by atoms with Gasteiger partial charge in [0.05, 0.1) is 0 Å². The van der Waals surface area contributed by atoms with Crippen molar-refractivity contribution in [3.05, 3.63) is 112 Å². The largest absolute Gasteiger partial charge is 1.00 e. The molecule has 1 aliphatic carbocycles. The van der Waals surface area contributed by atoms with Gasteiger partial charge in [-0.2, -0.15) is 0 Å². The predicted octanol–water partition coefficient (Wildman–Crippen LogP) is -1.65. The second-order valence-corrected chi connectivity index (χ2v) is 16.9. The maximum Gasteiger partial charge on any atom is -1.00 e. The van der Waals surface area contributed by atoms with Crippen LogP contribution in [-0.2, 0) is 20.4 Å². The van der Waals surface area contributed by atoms with Crippen LogP contribution in [0, 0.1) is 0 Å². The van der Waals surface area contributed by atoms with Crippen LogP contribution in [0.25, 0.3) is 0 Å². The van der Waals surface area contributed by atoms with Crippen LogP contribution in [-0.4, -0.2) is 8.07 Å². The van der Waals surface area contributed by atoms with Crippen molar-refractivity contribution < 1.29 is 57.7 Å². The van der Waals surface area contributed by atoms with E-state index in [1.54, 1.807) is 0 Å². The Morgan fingerprint density at radius 3 is 1.21 bits per heavy atom. The average molecular weight is 618 g/mol. The Morgan fingerprint density at radius 1 is 0.553 bits per heavy atom. The number of allylic oxidation sites excluding steroid dienone is 4. The summed E-state index contributed by atoms with van der Waals surface area (Å²) in [6.45, 7) is 18.8. The fraction of sp³-hybridized carbons (Fsp3) is 0.333. The van der Waals surface area contributed by atoms with E-state index in [0.717, 1.165) is 0 Å². The van der Waals surface area contributed by atoms with Gasteiger partial charge in [-0.1, -0.05) is 0 Å². The first-order valence-corrected chi connectivity index (χ1v) is 15.7. The average Bonchev–Trinajstić information content (AvgIpc) is 3.01. The Balaban J connectivity index is 0.00000241. The maximum atomic E-state index is 2.57. The summed E-state index contributed by atoms with van der Waals surface area (Å²) < 4.78 is -0.0618. The normalized spacial score (nSPS) is 14.8. The minimum Gasteiger partial charge on any atom is -1.00 e. The molecule has 0 aromatic heterocycles. The fourth-order valence-corrected chi connectivity index (χ4v) is 14.6. The van der Waals surface area contributed by atoms with E-state index in [0.29, 0.717) is 11.8 Å². The van der Waals surface area contributed by atoms with Crippen LogP contribution in [0.2, 0.25) is 3.34 Å². The summed E-state index contributed by atoms with van der Waals surface area (Å²) in [4.78, 5) is 0. The Kier molecular flexibility index (Phi) is 12.5. The molecule has 0 nitrogen and oxygen atoms in total.